The third-order valence-corrected chi connectivity index (χ3v) is 5.19. The van der Waals surface area contributed by atoms with Crippen molar-refractivity contribution in [2.45, 2.75) is 53.5 Å². The lowest BCUT2D eigenvalue weighted by Crippen LogP contribution is -2.07. The second-order valence-corrected chi connectivity index (χ2v) is 7.62. The van der Waals surface area contributed by atoms with Gasteiger partial charge in [0.05, 0.1) is 13.0 Å². The zero-order valence-corrected chi connectivity index (χ0v) is 18.0. The Morgan fingerprint density at radius 1 is 1.04 bits per heavy atom. The van der Waals surface area contributed by atoms with E-state index in [0.717, 1.165) is 6.54 Å². The van der Waals surface area contributed by atoms with Crippen LogP contribution in [0.5, 0.6) is 0 Å². The van der Waals surface area contributed by atoms with Crippen molar-refractivity contribution in [3.05, 3.63) is 71.4 Å². The summed E-state index contributed by atoms with van der Waals surface area (Å²) in [6, 6.07) is 19.8. The summed E-state index contributed by atoms with van der Waals surface area (Å²) >= 11 is 0. The zero-order chi connectivity index (χ0) is 20.7. The lowest BCUT2D eigenvalue weighted by Gasteiger charge is -2.12. The number of ether oxygens (including phenoxy) is 1. The highest BCUT2D eigenvalue weighted by atomic mass is 16.5. The van der Waals surface area contributed by atoms with Crippen molar-refractivity contribution in [3.63, 3.8) is 0 Å². The van der Waals surface area contributed by atoms with Gasteiger partial charge >= 0.3 is 5.97 Å². The monoisotopic (exact) mass is 379 g/mol. The number of benzene rings is 2. The smallest absolute Gasteiger partial charge is 0.308 e. The van der Waals surface area contributed by atoms with Crippen LogP contribution in [0, 0.1) is 12.8 Å². The number of nitrogens with zero attached hydrogens (tertiary/aromatic N) is 1. The number of carbonyl (C=O) groups excluding carboxylic acids is 1. The van der Waals surface area contributed by atoms with E-state index in [4.69, 9.17) is 0 Å². The van der Waals surface area contributed by atoms with Gasteiger partial charge in [-0.25, -0.2) is 0 Å². The predicted molar refractivity (Wildman–Crippen MR) is 118 cm³/mol. The number of carbonyl (C=O) groups is 1. The second kappa shape index (κ2) is 10.1. The van der Waals surface area contributed by atoms with Crippen molar-refractivity contribution >= 4 is 16.9 Å². The van der Waals surface area contributed by atoms with Gasteiger partial charge in [-0.1, -0.05) is 70.2 Å². The van der Waals surface area contributed by atoms with Crippen molar-refractivity contribution in [2.24, 2.45) is 5.92 Å². The van der Waals surface area contributed by atoms with Crippen LogP contribution in [0.15, 0.2) is 54.6 Å². The SMILES string of the molecule is CCC(C)c1cccc2c1cc(C)n2Cc1ccccc1.COC(=O)C(C)C. The number of hydrogen-bond acceptors (Lipinski definition) is 2. The molecule has 0 aliphatic carbocycles. The highest BCUT2D eigenvalue weighted by Gasteiger charge is 2.12. The first-order chi connectivity index (χ1) is 13.4. The van der Waals surface area contributed by atoms with Crippen molar-refractivity contribution in [1.29, 1.82) is 0 Å². The topological polar surface area (TPSA) is 31.2 Å². The second-order valence-electron chi connectivity index (χ2n) is 7.62. The van der Waals surface area contributed by atoms with Crippen LogP contribution in [0.1, 0.15) is 56.9 Å². The summed E-state index contributed by atoms with van der Waals surface area (Å²) in [7, 11) is 1.39. The number of aryl methyl sites for hydroxylation is 1. The molecule has 3 nitrogen and oxygen atoms in total. The van der Waals surface area contributed by atoms with Gasteiger partial charge in [0.25, 0.3) is 0 Å². The molecule has 0 saturated heterocycles. The Bertz CT molecular complexity index is 894. The molecule has 0 fully saturated rings. The highest BCUT2D eigenvalue weighted by molar-refractivity contribution is 5.85. The number of methoxy groups -OCH3 is 1. The average Bonchev–Trinajstić information content (AvgIpc) is 3.03. The molecule has 0 bridgehead atoms. The van der Waals surface area contributed by atoms with Gasteiger partial charge in [-0.2, -0.15) is 0 Å². The maximum atomic E-state index is 10.3. The van der Waals surface area contributed by atoms with E-state index in [1.54, 1.807) is 13.8 Å². The van der Waals surface area contributed by atoms with Crippen LogP contribution in [0.25, 0.3) is 10.9 Å². The van der Waals surface area contributed by atoms with Crippen molar-refractivity contribution in [2.75, 3.05) is 7.11 Å². The summed E-state index contributed by atoms with van der Waals surface area (Å²) in [5.74, 6) is 0.464. The molecule has 1 heterocycles. The molecular weight excluding hydrogens is 346 g/mol. The lowest BCUT2D eigenvalue weighted by molar-refractivity contribution is -0.144. The fraction of sp³-hybridized carbons (Fsp3) is 0.400. The van der Waals surface area contributed by atoms with E-state index in [9.17, 15) is 4.79 Å². The number of fused-ring (bicyclic) bond motifs is 1. The van der Waals surface area contributed by atoms with E-state index in [0.29, 0.717) is 5.92 Å². The summed E-state index contributed by atoms with van der Waals surface area (Å²) in [4.78, 5) is 10.3. The van der Waals surface area contributed by atoms with Gasteiger partial charge in [-0.15, -0.1) is 0 Å². The van der Waals surface area contributed by atoms with E-state index in [1.165, 1.54) is 41.3 Å². The van der Waals surface area contributed by atoms with Gasteiger partial charge in [-0.3, -0.25) is 4.79 Å². The third-order valence-electron chi connectivity index (χ3n) is 5.19. The van der Waals surface area contributed by atoms with Gasteiger partial charge in [0.15, 0.2) is 0 Å². The molecule has 150 valence electrons. The van der Waals surface area contributed by atoms with E-state index in [-0.39, 0.29) is 11.9 Å². The largest absolute Gasteiger partial charge is 0.469 e. The van der Waals surface area contributed by atoms with Crippen LogP contribution < -0.4 is 0 Å². The van der Waals surface area contributed by atoms with E-state index >= 15 is 0 Å². The molecule has 1 unspecified atom stereocenters. The summed E-state index contributed by atoms with van der Waals surface area (Å²) in [5, 5.41) is 1.42. The maximum absolute atomic E-state index is 10.3. The summed E-state index contributed by atoms with van der Waals surface area (Å²) in [6.07, 6.45) is 1.18. The molecule has 0 amide bonds. The Hall–Kier alpha value is -2.55. The van der Waals surface area contributed by atoms with Gasteiger partial charge in [-0.05, 0) is 42.5 Å². The molecule has 2 aromatic carbocycles. The van der Waals surface area contributed by atoms with Crippen molar-refractivity contribution < 1.29 is 9.53 Å². The van der Waals surface area contributed by atoms with Gasteiger partial charge in [0.1, 0.15) is 0 Å². The first-order valence-electron chi connectivity index (χ1n) is 10.1. The molecule has 3 aromatic rings. The van der Waals surface area contributed by atoms with Crippen molar-refractivity contribution in [3.8, 4) is 0 Å². The number of rotatable bonds is 5. The predicted octanol–water partition coefficient (Wildman–Crippen LogP) is 6.33. The van der Waals surface area contributed by atoms with Gasteiger partial charge in [0.2, 0.25) is 0 Å². The molecule has 3 heteroatoms. The Labute approximate surface area is 169 Å². The average molecular weight is 380 g/mol. The fourth-order valence-electron chi connectivity index (χ4n) is 3.30. The first kappa shape index (κ1) is 21.7. The van der Waals surface area contributed by atoms with Gasteiger partial charge < -0.3 is 9.30 Å². The molecule has 1 atom stereocenters. The first-order valence-corrected chi connectivity index (χ1v) is 10.1. The standard InChI is InChI=1S/C20H23N.C5H10O2/c1-4-15(2)18-11-8-12-20-19(18)13-16(3)21(20)14-17-9-6-5-7-10-17;1-4(2)5(6)7-3/h5-13,15H,4,14H2,1-3H3;4H,1-3H3. The molecule has 3 rings (SSSR count). The highest BCUT2D eigenvalue weighted by Crippen LogP contribution is 2.30. The Kier molecular flexibility index (Phi) is 7.86. The van der Waals surface area contributed by atoms with Crippen LogP contribution in [-0.2, 0) is 16.1 Å². The molecule has 0 aliphatic rings. The van der Waals surface area contributed by atoms with E-state index < -0.39 is 0 Å². The summed E-state index contributed by atoms with van der Waals surface area (Å²) in [5.41, 5.74) is 5.52. The molecule has 28 heavy (non-hydrogen) atoms. The van der Waals surface area contributed by atoms with Crippen LogP contribution in [-0.4, -0.2) is 17.6 Å². The number of aromatic nitrogens is 1. The van der Waals surface area contributed by atoms with Crippen molar-refractivity contribution in [1.82, 2.24) is 4.57 Å². The van der Waals surface area contributed by atoms with Crippen LogP contribution in [0.2, 0.25) is 0 Å². The van der Waals surface area contributed by atoms with E-state index in [2.05, 4.69) is 84.7 Å². The molecule has 1 aromatic heterocycles. The molecule has 0 saturated carbocycles. The lowest BCUT2D eigenvalue weighted by atomic mass is 9.95. The maximum Gasteiger partial charge on any atom is 0.308 e. The Morgan fingerprint density at radius 3 is 2.25 bits per heavy atom. The third kappa shape index (κ3) is 5.25. The quantitative estimate of drug-likeness (QED) is 0.485. The summed E-state index contributed by atoms with van der Waals surface area (Å²) < 4.78 is 6.80. The number of hydrogen-bond donors (Lipinski definition) is 0. The Balaban J connectivity index is 0.000000345. The molecule has 0 spiro atoms. The minimum atomic E-state index is -0.153. The fourth-order valence-corrected chi connectivity index (χ4v) is 3.30. The Morgan fingerprint density at radius 2 is 1.71 bits per heavy atom. The molecule has 0 N–H and O–H groups in total. The van der Waals surface area contributed by atoms with Crippen LogP contribution in [0.3, 0.4) is 0 Å². The molecule has 0 radical (unpaired) electrons. The minimum absolute atomic E-state index is 0.00463. The molecule has 0 aliphatic heterocycles. The summed E-state index contributed by atoms with van der Waals surface area (Å²) in [6.45, 7) is 11.3. The molecular formula is C25H33NO2. The zero-order valence-electron chi connectivity index (χ0n) is 18.0. The number of esters is 1. The van der Waals surface area contributed by atoms with Crippen LogP contribution >= 0.6 is 0 Å². The van der Waals surface area contributed by atoms with Gasteiger partial charge in [0, 0.05) is 23.1 Å². The minimum Gasteiger partial charge on any atom is -0.469 e. The normalized spacial score (nSPS) is 11.8. The van der Waals surface area contributed by atoms with E-state index in [1.807, 2.05) is 0 Å². The van der Waals surface area contributed by atoms with Crippen LogP contribution in [0.4, 0.5) is 0 Å².